The van der Waals surface area contributed by atoms with E-state index in [0.29, 0.717) is 16.9 Å². The Labute approximate surface area is 178 Å². The van der Waals surface area contributed by atoms with Crippen LogP contribution < -0.4 is 5.32 Å². The first-order chi connectivity index (χ1) is 14.6. The first-order valence-electron chi connectivity index (χ1n) is 9.36. The van der Waals surface area contributed by atoms with Crippen LogP contribution in [0.1, 0.15) is 43.4 Å². The zero-order chi connectivity index (χ0) is 23.6. The van der Waals surface area contributed by atoms with Crippen molar-refractivity contribution in [1.29, 1.82) is 5.26 Å². The summed E-state index contributed by atoms with van der Waals surface area (Å²) in [6, 6.07) is 2.37. The highest BCUT2D eigenvalue weighted by Crippen LogP contribution is 2.35. The third kappa shape index (κ3) is 7.37. The molecule has 0 aliphatic heterocycles. The van der Waals surface area contributed by atoms with E-state index in [-0.39, 0.29) is 31.5 Å². The number of alkyl halides is 3. The number of benzene rings is 1. The molecule has 0 saturated carbocycles. The second-order valence-electron chi connectivity index (χ2n) is 6.33. The van der Waals surface area contributed by atoms with Crippen LogP contribution in [0.4, 0.5) is 18.0 Å². The van der Waals surface area contributed by atoms with Gasteiger partial charge in [-0.25, -0.2) is 10.1 Å². The van der Waals surface area contributed by atoms with Crippen LogP contribution in [0.3, 0.4) is 0 Å². The number of carbonyl (C=O) groups excluding carboxylic acids is 1. The maximum absolute atomic E-state index is 13.3. The minimum atomic E-state index is -4.60. The number of nitrogens with zero attached hydrogens (tertiary/aromatic N) is 2. The lowest BCUT2D eigenvalue weighted by atomic mass is 9.94. The molecule has 1 rings (SSSR count). The molecule has 10 heteroatoms. The molecular weight excluding hydrogens is 415 g/mol. The molecule has 0 spiro atoms. The number of rotatable bonds is 9. The van der Waals surface area contributed by atoms with Crippen molar-refractivity contribution in [2.45, 2.75) is 39.4 Å². The number of aliphatic carboxylic acids is 1. The SMILES string of the molecule is C/C=C(OC)\C(=C/CCC(=O)O)c1ccc(C(F)(F)F)cc1CN(CC)C(=O)NC#N. The number of hydrogen-bond donors (Lipinski definition) is 2. The highest BCUT2D eigenvalue weighted by Gasteiger charge is 2.31. The molecule has 0 saturated heterocycles. The van der Waals surface area contributed by atoms with E-state index in [1.165, 1.54) is 24.3 Å². The van der Waals surface area contributed by atoms with Gasteiger partial charge < -0.3 is 14.7 Å². The molecule has 0 atom stereocenters. The van der Waals surface area contributed by atoms with Crippen molar-refractivity contribution < 1.29 is 32.6 Å². The van der Waals surface area contributed by atoms with Gasteiger partial charge in [-0.15, -0.1) is 0 Å². The fourth-order valence-corrected chi connectivity index (χ4v) is 2.89. The number of halogens is 3. The summed E-state index contributed by atoms with van der Waals surface area (Å²) in [6.07, 6.45) is 0.0264. The van der Waals surface area contributed by atoms with Gasteiger partial charge in [-0.05, 0) is 49.6 Å². The Morgan fingerprint density at radius 1 is 1.35 bits per heavy atom. The first-order valence-corrected chi connectivity index (χ1v) is 9.36. The van der Waals surface area contributed by atoms with Gasteiger partial charge in [-0.2, -0.15) is 18.4 Å². The maximum atomic E-state index is 13.3. The Morgan fingerprint density at radius 3 is 2.52 bits per heavy atom. The second kappa shape index (κ2) is 11.6. The number of ether oxygens (including phenoxy) is 1. The van der Waals surface area contributed by atoms with Crippen LogP contribution in [-0.4, -0.2) is 35.7 Å². The molecule has 2 amide bonds. The van der Waals surface area contributed by atoms with Crippen LogP contribution in [0.2, 0.25) is 0 Å². The van der Waals surface area contributed by atoms with Crippen LogP contribution in [0, 0.1) is 11.5 Å². The molecule has 1 aromatic rings. The second-order valence-corrected chi connectivity index (χ2v) is 6.33. The van der Waals surface area contributed by atoms with Gasteiger partial charge in [0.05, 0.1) is 12.7 Å². The van der Waals surface area contributed by atoms with E-state index in [1.807, 2.05) is 5.32 Å². The lowest BCUT2D eigenvalue weighted by molar-refractivity contribution is -0.138. The molecule has 0 heterocycles. The molecule has 0 radical (unpaired) electrons. The zero-order valence-corrected chi connectivity index (χ0v) is 17.4. The summed E-state index contributed by atoms with van der Waals surface area (Å²) in [6.45, 7) is 3.23. The van der Waals surface area contributed by atoms with Crippen LogP contribution in [0.15, 0.2) is 36.1 Å². The van der Waals surface area contributed by atoms with Gasteiger partial charge in [0.2, 0.25) is 0 Å². The van der Waals surface area contributed by atoms with E-state index in [9.17, 15) is 22.8 Å². The van der Waals surface area contributed by atoms with Crippen molar-refractivity contribution >= 4 is 17.6 Å². The maximum Gasteiger partial charge on any atom is 0.416 e. The summed E-state index contributed by atoms with van der Waals surface area (Å²) in [5, 5.41) is 19.6. The van der Waals surface area contributed by atoms with Crippen molar-refractivity contribution in [2.24, 2.45) is 0 Å². The van der Waals surface area contributed by atoms with E-state index in [2.05, 4.69) is 0 Å². The lowest BCUT2D eigenvalue weighted by Gasteiger charge is -2.23. The van der Waals surface area contributed by atoms with Gasteiger partial charge in [-0.3, -0.25) is 4.79 Å². The number of methoxy groups -OCH3 is 1. The average molecular weight is 439 g/mol. The minimum absolute atomic E-state index is 0.123. The standard InChI is InChI=1S/C21H24F3N3O4/c1-4-18(31-3)17(7-6-8-19(28)29)16-10-9-15(21(22,23)24)11-14(16)12-27(5-2)20(30)26-13-25/h4,7,9-11H,5-6,8,12H2,1-3H3,(H,26,30)(H,28,29)/b17-7-,18-4+. The Kier molecular flexibility index (Phi) is 9.60. The largest absolute Gasteiger partial charge is 0.496 e. The summed E-state index contributed by atoms with van der Waals surface area (Å²) in [7, 11) is 1.39. The van der Waals surface area contributed by atoms with E-state index in [0.717, 1.165) is 12.1 Å². The van der Waals surface area contributed by atoms with Gasteiger partial charge in [0.1, 0.15) is 5.76 Å². The fourth-order valence-electron chi connectivity index (χ4n) is 2.89. The lowest BCUT2D eigenvalue weighted by Crippen LogP contribution is -2.37. The Morgan fingerprint density at radius 2 is 2.03 bits per heavy atom. The predicted molar refractivity (Wildman–Crippen MR) is 107 cm³/mol. The highest BCUT2D eigenvalue weighted by molar-refractivity contribution is 5.80. The molecule has 0 unspecified atom stereocenters. The molecule has 1 aromatic carbocycles. The molecule has 0 fully saturated rings. The Bertz CT molecular complexity index is 902. The summed E-state index contributed by atoms with van der Waals surface area (Å²) >= 11 is 0. The van der Waals surface area contributed by atoms with Crippen LogP contribution in [-0.2, 0) is 22.3 Å². The van der Waals surface area contributed by atoms with Crippen LogP contribution >= 0.6 is 0 Å². The normalized spacial score (nSPS) is 12.2. The minimum Gasteiger partial charge on any atom is -0.496 e. The summed E-state index contributed by atoms with van der Waals surface area (Å²) in [5.41, 5.74) is 0.0401. The zero-order valence-electron chi connectivity index (χ0n) is 17.4. The number of allylic oxidation sites excluding steroid dienone is 3. The third-order valence-electron chi connectivity index (χ3n) is 4.37. The van der Waals surface area contributed by atoms with Crippen molar-refractivity contribution in [3.8, 4) is 6.19 Å². The van der Waals surface area contributed by atoms with Crippen molar-refractivity contribution in [3.05, 3.63) is 52.8 Å². The predicted octanol–water partition coefficient (Wildman–Crippen LogP) is 4.52. The number of urea groups is 1. The van der Waals surface area contributed by atoms with Gasteiger partial charge >= 0.3 is 18.2 Å². The van der Waals surface area contributed by atoms with Crippen LogP contribution in [0.25, 0.3) is 5.57 Å². The van der Waals surface area contributed by atoms with Crippen LogP contribution in [0.5, 0.6) is 0 Å². The van der Waals surface area contributed by atoms with Gasteiger partial charge in [0.15, 0.2) is 6.19 Å². The smallest absolute Gasteiger partial charge is 0.416 e. The van der Waals surface area contributed by atoms with Gasteiger partial charge in [0, 0.05) is 25.1 Å². The topological polar surface area (TPSA) is 103 Å². The first kappa shape index (κ1) is 25.6. The van der Waals surface area contributed by atoms with E-state index in [1.54, 1.807) is 26.0 Å². The Hall–Kier alpha value is -3.48. The molecule has 2 N–H and O–H groups in total. The molecule has 0 aliphatic rings. The van der Waals surface area contributed by atoms with Gasteiger partial charge in [-0.1, -0.05) is 12.1 Å². The van der Waals surface area contributed by atoms with Crippen molar-refractivity contribution in [2.75, 3.05) is 13.7 Å². The number of amides is 2. The fraction of sp³-hybridized carbons (Fsp3) is 0.381. The quantitative estimate of drug-likeness (QED) is 0.255. The number of carbonyl (C=O) groups is 2. The molecule has 31 heavy (non-hydrogen) atoms. The highest BCUT2D eigenvalue weighted by atomic mass is 19.4. The summed E-state index contributed by atoms with van der Waals surface area (Å²) < 4.78 is 45.3. The third-order valence-corrected chi connectivity index (χ3v) is 4.37. The molecule has 0 aliphatic carbocycles. The molecular formula is C21H24F3N3O4. The molecule has 0 bridgehead atoms. The number of carboxylic acids is 1. The van der Waals surface area contributed by atoms with E-state index in [4.69, 9.17) is 15.1 Å². The molecule has 7 nitrogen and oxygen atoms in total. The van der Waals surface area contributed by atoms with Crippen molar-refractivity contribution in [3.63, 3.8) is 0 Å². The number of hydrogen-bond acceptors (Lipinski definition) is 4. The van der Waals surface area contributed by atoms with Gasteiger partial charge in [0.25, 0.3) is 0 Å². The number of carboxylic acid groups (broad SMARTS) is 1. The summed E-state index contributed by atoms with van der Waals surface area (Å²) in [4.78, 5) is 24.2. The Balaban J connectivity index is 3.61. The van der Waals surface area contributed by atoms with Crippen molar-refractivity contribution in [1.82, 2.24) is 10.2 Å². The molecule has 0 aromatic heterocycles. The average Bonchev–Trinajstić information content (AvgIpc) is 2.70. The summed E-state index contributed by atoms with van der Waals surface area (Å²) in [5.74, 6) is -0.677. The number of nitrogens with one attached hydrogen (secondary N) is 1. The van der Waals surface area contributed by atoms with E-state index >= 15 is 0 Å². The monoisotopic (exact) mass is 439 g/mol. The van der Waals surface area contributed by atoms with E-state index < -0.39 is 23.7 Å². The number of nitriles is 1. The molecule has 168 valence electrons.